The van der Waals surface area contributed by atoms with Gasteiger partial charge in [0, 0.05) is 28.1 Å². The van der Waals surface area contributed by atoms with Crippen LogP contribution in [0, 0.1) is 0 Å². The average Bonchev–Trinajstić information content (AvgIpc) is 2.72. The fraction of sp³-hybridized carbons (Fsp3) is 0. The van der Waals surface area contributed by atoms with Gasteiger partial charge in [-0.05, 0) is 40.2 Å². The molecule has 17 heavy (non-hydrogen) atoms. The Bertz CT molecular complexity index is 693. The number of thiazole rings is 1. The maximum Gasteiger partial charge on any atom is 0.126 e. The van der Waals surface area contributed by atoms with Crippen molar-refractivity contribution in [3.05, 3.63) is 41.1 Å². The summed E-state index contributed by atoms with van der Waals surface area (Å²) < 4.78 is 2.05. The molecule has 84 valence electrons. The van der Waals surface area contributed by atoms with Gasteiger partial charge in [0.2, 0.25) is 0 Å². The van der Waals surface area contributed by atoms with Crippen molar-refractivity contribution < 1.29 is 0 Å². The van der Waals surface area contributed by atoms with Gasteiger partial charge in [0.25, 0.3) is 0 Å². The smallest absolute Gasteiger partial charge is 0.126 e. The van der Waals surface area contributed by atoms with Crippen molar-refractivity contribution in [2.75, 3.05) is 5.73 Å². The molecule has 3 rings (SSSR count). The highest BCUT2D eigenvalue weighted by molar-refractivity contribution is 9.10. The molecular weight excluding hydrogens is 298 g/mol. The Balaban J connectivity index is 2.18. The lowest BCUT2D eigenvalue weighted by atomic mass is 10.3. The molecule has 0 aliphatic rings. The fourth-order valence-corrected chi connectivity index (χ4v) is 2.95. The molecule has 0 spiro atoms. The molecule has 0 saturated carbocycles. The number of hydrogen-bond acceptors (Lipinski definition) is 4. The van der Waals surface area contributed by atoms with Gasteiger partial charge in [-0.2, -0.15) is 0 Å². The molecule has 1 aromatic carbocycles. The van der Waals surface area contributed by atoms with Gasteiger partial charge in [-0.3, -0.25) is 4.98 Å². The van der Waals surface area contributed by atoms with Gasteiger partial charge in [0.15, 0.2) is 0 Å². The summed E-state index contributed by atoms with van der Waals surface area (Å²) >= 11 is 5.03. The molecule has 0 radical (unpaired) electrons. The highest BCUT2D eigenvalue weighted by Crippen LogP contribution is 2.31. The first-order valence-corrected chi connectivity index (χ1v) is 6.60. The Morgan fingerprint density at radius 3 is 2.88 bits per heavy atom. The predicted molar refractivity (Wildman–Crippen MR) is 75.0 cm³/mol. The predicted octanol–water partition coefficient (Wildman–Crippen LogP) is 3.70. The van der Waals surface area contributed by atoms with Crippen LogP contribution in [0.3, 0.4) is 0 Å². The number of nitrogens with zero attached hydrogens (tertiary/aromatic N) is 2. The van der Waals surface area contributed by atoms with E-state index in [1.54, 1.807) is 17.5 Å². The molecule has 0 bridgehead atoms. The van der Waals surface area contributed by atoms with Gasteiger partial charge in [0.1, 0.15) is 5.01 Å². The molecule has 3 nitrogen and oxygen atoms in total. The topological polar surface area (TPSA) is 51.8 Å². The fourth-order valence-electron chi connectivity index (χ4n) is 1.59. The minimum Gasteiger partial charge on any atom is -0.399 e. The van der Waals surface area contributed by atoms with E-state index in [9.17, 15) is 0 Å². The normalized spacial score (nSPS) is 10.9. The van der Waals surface area contributed by atoms with E-state index in [1.165, 1.54) is 0 Å². The van der Waals surface area contributed by atoms with Crippen molar-refractivity contribution in [1.82, 2.24) is 9.97 Å². The van der Waals surface area contributed by atoms with E-state index >= 15 is 0 Å². The van der Waals surface area contributed by atoms with Crippen LogP contribution in [-0.2, 0) is 0 Å². The Kier molecular flexibility index (Phi) is 2.57. The number of aromatic nitrogens is 2. The van der Waals surface area contributed by atoms with Crippen molar-refractivity contribution in [3.63, 3.8) is 0 Å². The van der Waals surface area contributed by atoms with E-state index < -0.39 is 0 Å². The van der Waals surface area contributed by atoms with Gasteiger partial charge in [-0.1, -0.05) is 0 Å². The summed E-state index contributed by atoms with van der Waals surface area (Å²) in [5.74, 6) is 0. The standard InChI is InChI=1S/C12H8BrN3S/c13-8-3-7(5-15-6-8)12-16-10-2-1-9(14)4-11(10)17-12/h1-6H,14H2. The van der Waals surface area contributed by atoms with Crippen LogP contribution in [0.15, 0.2) is 41.1 Å². The lowest BCUT2D eigenvalue weighted by Crippen LogP contribution is -1.81. The van der Waals surface area contributed by atoms with E-state index in [-0.39, 0.29) is 0 Å². The molecule has 0 fully saturated rings. The van der Waals surface area contributed by atoms with Gasteiger partial charge in [0.05, 0.1) is 10.2 Å². The number of pyridine rings is 1. The van der Waals surface area contributed by atoms with Crippen LogP contribution in [0.25, 0.3) is 20.8 Å². The molecule has 2 heterocycles. The van der Waals surface area contributed by atoms with Crippen LogP contribution in [0.1, 0.15) is 0 Å². The van der Waals surface area contributed by atoms with Crippen molar-refractivity contribution >= 4 is 43.2 Å². The Morgan fingerprint density at radius 2 is 2.06 bits per heavy atom. The third-order valence-corrected chi connectivity index (χ3v) is 3.87. The molecule has 2 aromatic heterocycles. The first kappa shape index (κ1) is 10.7. The minimum absolute atomic E-state index is 0.764. The summed E-state index contributed by atoms with van der Waals surface area (Å²) in [5, 5.41) is 0.958. The second-order valence-electron chi connectivity index (χ2n) is 3.64. The average molecular weight is 306 g/mol. The first-order valence-electron chi connectivity index (χ1n) is 4.99. The summed E-state index contributed by atoms with van der Waals surface area (Å²) in [6.07, 6.45) is 3.57. The van der Waals surface area contributed by atoms with Crippen LogP contribution < -0.4 is 5.73 Å². The number of rotatable bonds is 1. The van der Waals surface area contributed by atoms with E-state index in [0.29, 0.717) is 0 Å². The van der Waals surface area contributed by atoms with Gasteiger partial charge in [-0.25, -0.2) is 4.98 Å². The number of nitrogen functional groups attached to an aromatic ring is 1. The number of nitrogens with two attached hydrogens (primary N) is 1. The highest BCUT2D eigenvalue weighted by Gasteiger charge is 2.07. The SMILES string of the molecule is Nc1ccc2nc(-c3cncc(Br)c3)sc2c1. The molecular formula is C12H8BrN3S. The number of halogens is 1. The number of fused-ring (bicyclic) bond motifs is 1. The van der Waals surface area contributed by atoms with Gasteiger partial charge in [-0.15, -0.1) is 11.3 Å². The second kappa shape index (κ2) is 4.09. The minimum atomic E-state index is 0.764. The molecule has 0 saturated heterocycles. The summed E-state index contributed by atoms with van der Waals surface area (Å²) in [7, 11) is 0. The lowest BCUT2D eigenvalue weighted by molar-refractivity contribution is 1.30. The highest BCUT2D eigenvalue weighted by atomic mass is 79.9. The molecule has 3 aromatic rings. The van der Waals surface area contributed by atoms with Crippen molar-refractivity contribution in [3.8, 4) is 10.6 Å². The van der Waals surface area contributed by atoms with Gasteiger partial charge >= 0.3 is 0 Å². The lowest BCUT2D eigenvalue weighted by Gasteiger charge is -1.94. The quantitative estimate of drug-likeness (QED) is 0.697. The van der Waals surface area contributed by atoms with Crippen LogP contribution in [0.4, 0.5) is 5.69 Å². The second-order valence-corrected chi connectivity index (χ2v) is 5.58. The summed E-state index contributed by atoms with van der Waals surface area (Å²) in [6, 6.07) is 7.76. The first-order chi connectivity index (χ1) is 8.22. The number of anilines is 1. The molecule has 0 atom stereocenters. The third-order valence-electron chi connectivity index (χ3n) is 2.36. The molecule has 0 aliphatic heterocycles. The zero-order valence-corrected chi connectivity index (χ0v) is 11.1. The summed E-state index contributed by atoms with van der Waals surface area (Å²) in [5.41, 5.74) is 8.50. The molecule has 2 N–H and O–H groups in total. The molecule has 0 unspecified atom stereocenters. The van der Waals surface area contributed by atoms with Crippen LogP contribution in [0.5, 0.6) is 0 Å². The van der Waals surface area contributed by atoms with Crippen LogP contribution in [0.2, 0.25) is 0 Å². The van der Waals surface area contributed by atoms with Crippen molar-refractivity contribution in [2.24, 2.45) is 0 Å². The summed E-state index contributed by atoms with van der Waals surface area (Å²) in [6.45, 7) is 0. The Morgan fingerprint density at radius 1 is 1.18 bits per heavy atom. The maximum atomic E-state index is 5.75. The largest absolute Gasteiger partial charge is 0.399 e. The van der Waals surface area contributed by atoms with E-state index in [4.69, 9.17) is 5.73 Å². The number of benzene rings is 1. The Hall–Kier alpha value is -1.46. The zero-order valence-electron chi connectivity index (χ0n) is 8.72. The van der Waals surface area contributed by atoms with Crippen molar-refractivity contribution in [1.29, 1.82) is 0 Å². The van der Waals surface area contributed by atoms with Crippen LogP contribution in [-0.4, -0.2) is 9.97 Å². The Labute approximate surface area is 110 Å². The third kappa shape index (κ3) is 2.03. The molecule has 5 heteroatoms. The van der Waals surface area contributed by atoms with E-state index in [1.807, 2.05) is 30.5 Å². The van der Waals surface area contributed by atoms with Crippen molar-refractivity contribution in [2.45, 2.75) is 0 Å². The molecule has 0 amide bonds. The zero-order chi connectivity index (χ0) is 11.8. The molecule has 0 aliphatic carbocycles. The van der Waals surface area contributed by atoms with Crippen LogP contribution >= 0.6 is 27.3 Å². The van der Waals surface area contributed by atoms with E-state index in [0.717, 1.165) is 30.9 Å². The van der Waals surface area contributed by atoms with E-state index in [2.05, 4.69) is 25.9 Å². The maximum absolute atomic E-state index is 5.75. The van der Waals surface area contributed by atoms with Gasteiger partial charge < -0.3 is 5.73 Å². The summed E-state index contributed by atoms with van der Waals surface area (Å²) in [4.78, 5) is 8.71. The monoisotopic (exact) mass is 305 g/mol. The number of hydrogen-bond donors (Lipinski definition) is 1.